The van der Waals surface area contributed by atoms with Crippen molar-refractivity contribution in [2.24, 2.45) is 5.92 Å². The Kier molecular flexibility index (Phi) is 5.21. The minimum absolute atomic E-state index is 0.251. The Morgan fingerprint density at radius 2 is 1.75 bits per heavy atom. The number of nitrogens with zero attached hydrogens (tertiary/aromatic N) is 3. The van der Waals surface area contributed by atoms with E-state index >= 15 is 0 Å². The van der Waals surface area contributed by atoms with E-state index < -0.39 is 9.84 Å². The molecule has 1 fully saturated rings. The summed E-state index contributed by atoms with van der Waals surface area (Å²) in [5.41, 5.74) is 5.90. The lowest BCUT2D eigenvalue weighted by Gasteiger charge is -2.37. The number of hydrogen-bond donors (Lipinski definition) is 1. The van der Waals surface area contributed by atoms with Crippen LogP contribution in [0.15, 0.2) is 71.9 Å². The molecule has 1 unspecified atom stereocenters. The van der Waals surface area contributed by atoms with Gasteiger partial charge in [-0.15, -0.1) is 0 Å². The maximum Gasteiger partial charge on any atom is 0.175 e. The number of rotatable bonds is 4. The first-order valence-electron chi connectivity index (χ1n) is 10.9. The highest BCUT2D eigenvalue weighted by Crippen LogP contribution is 2.40. The third-order valence-corrected chi connectivity index (χ3v) is 7.41. The molecule has 0 amide bonds. The minimum atomic E-state index is -3.23. The maximum atomic E-state index is 11.8. The van der Waals surface area contributed by atoms with E-state index in [0.717, 1.165) is 46.9 Å². The summed E-state index contributed by atoms with van der Waals surface area (Å²) in [6, 6.07) is 17.0. The lowest BCUT2D eigenvalue weighted by Crippen LogP contribution is -2.45. The molecule has 32 heavy (non-hydrogen) atoms. The van der Waals surface area contributed by atoms with Crippen LogP contribution < -0.4 is 5.32 Å². The van der Waals surface area contributed by atoms with Gasteiger partial charge in [-0.25, -0.2) is 8.42 Å². The standard InChI is InChI=1S/C25H26N4O2S/c1-17-6-5-15-29-24(23(28-25(17)29)21-7-3-4-13-26-21)19-12-14-27-22(16-19)18-8-10-20(11-9-18)32(2,30)31/h3-4,7-14,16-17,25,28H,5-6,15H2,1-2H3/t17-,25?/m0/s1. The first-order chi connectivity index (χ1) is 15.4. The fourth-order valence-electron chi connectivity index (χ4n) is 4.64. The number of hydrogen-bond acceptors (Lipinski definition) is 6. The van der Waals surface area contributed by atoms with Crippen molar-refractivity contribution in [1.82, 2.24) is 20.2 Å². The largest absolute Gasteiger partial charge is 0.361 e. The molecule has 2 aromatic heterocycles. The van der Waals surface area contributed by atoms with Crippen LogP contribution in [-0.4, -0.2) is 42.3 Å². The van der Waals surface area contributed by atoms with Crippen LogP contribution in [0.4, 0.5) is 0 Å². The molecule has 0 bridgehead atoms. The summed E-state index contributed by atoms with van der Waals surface area (Å²) in [5.74, 6) is 0.532. The quantitative estimate of drug-likeness (QED) is 0.652. The van der Waals surface area contributed by atoms with Crippen molar-refractivity contribution in [2.45, 2.75) is 30.8 Å². The average molecular weight is 447 g/mol. The molecule has 2 atom stereocenters. The van der Waals surface area contributed by atoms with E-state index in [1.165, 1.54) is 12.7 Å². The Bertz CT molecular complexity index is 1270. The van der Waals surface area contributed by atoms with E-state index in [2.05, 4.69) is 33.2 Å². The van der Waals surface area contributed by atoms with Crippen LogP contribution >= 0.6 is 0 Å². The third kappa shape index (κ3) is 3.77. The predicted molar refractivity (Wildman–Crippen MR) is 126 cm³/mol. The molecular formula is C25H26N4O2S. The normalized spacial score (nSPS) is 20.8. The highest BCUT2D eigenvalue weighted by atomic mass is 32.2. The number of fused-ring (bicyclic) bond motifs is 1. The molecule has 0 saturated carbocycles. The SMILES string of the molecule is C[C@H]1CCCN2C(c3ccnc(-c4ccc(S(C)(=O)=O)cc4)c3)=C(c3ccccn3)NC12. The summed E-state index contributed by atoms with van der Waals surface area (Å²) in [6.45, 7) is 3.29. The van der Waals surface area contributed by atoms with Crippen molar-refractivity contribution >= 4 is 21.2 Å². The van der Waals surface area contributed by atoms with Crippen molar-refractivity contribution in [1.29, 1.82) is 0 Å². The molecule has 2 aliphatic heterocycles. The molecule has 4 heterocycles. The minimum Gasteiger partial charge on any atom is -0.361 e. The van der Waals surface area contributed by atoms with Crippen LogP contribution in [0.3, 0.4) is 0 Å². The first kappa shape index (κ1) is 20.7. The molecule has 1 N–H and O–H groups in total. The second-order valence-electron chi connectivity index (χ2n) is 8.57. The molecule has 6 nitrogen and oxygen atoms in total. The predicted octanol–water partition coefficient (Wildman–Crippen LogP) is 4.03. The van der Waals surface area contributed by atoms with Gasteiger partial charge in [0.15, 0.2) is 9.84 Å². The first-order valence-corrected chi connectivity index (χ1v) is 12.8. The fraction of sp³-hybridized carbons (Fsp3) is 0.280. The molecule has 0 aliphatic carbocycles. The summed E-state index contributed by atoms with van der Waals surface area (Å²) in [4.78, 5) is 11.9. The molecule has 2 aliphatic rings. The Hall–Kier alpha value is -3.19. The lowest BCUT2D eigenvalue weighted by molar-refractivity contribution is 0.164. The van der Waals surface area contributed by atoms with Gasteiger partial charge in [0, 0.05) is 36.3 Å². The molecule has 0 radical (unpaired) electrons. The Balaban J connectivity index is 1.59. The van der Waals surface area contributed by atoms with E-state index in [4.69, 9.17) is 0 Å². The van der Waals surface area contributed by atoms with Gasteiger partial charge in [-0.2, -0.15) is 0 Å². The van der Waals surface area contributed by atoms with Crippen LogP contribution in [0.5, 0.6) is 0 Å². The zero-order chi connectivity index (χ0) is 22.3. The highest BCUT2D eigenvalue weighted by molar-refractivity contribution is 7.90. The monoisotopic (exact) mass is 446 g/mol. The van der Waals surface area contributed by atoms with Crippen molar-refractivity contribution < 1.29 is 8.42 Å². The summed E-state index contributed by atoms with van der Waals surface area (Å²) in [7, 11) is -3.23. The molecule has 1 saturated heterocycles. The van der Waals surface area contributed by atoms with Crippen molar-refractivity contribution in [3.05, 3.63) is 78.2 Å². The van der Waals surface area contributed by atoms with Crippen LogP contribution in [0.25, 0.3) is 22.7 Å². The van der Waals surface area contributed by atoms with Crippen LogP contribution in [0.2, 0.25) is 0 Å². The zero-order valence-electron chi connectivity index (χ0n) is 18.2. The molecule has 0 spiro atoms. The van der Waals surface area contributed by atoms with Crippen molar-refractivity contribution in [3.8, 4) is 11.3 Å². The smallest absolute Gasteiger partial charge is 0.175 e. The molecular weight excluding hydrogens is 420 g/mol. The van der Waals surface area contributed by atoms with Gasteiger partial charge in [0.2, 0.25) is 0 Å². The Morgan fingerprint density at radius 3 is 2.47 bits per heavy atom. The van der Waals surface area contributed by atoms with Gasteiger partial charge in [-0.3, -0.25) is 9.97 Å². The van der Waals surface area contributed by atoms with E-state index in [9.17, 15) is 8.42 Å². The molecule has 3 aromatic rings. The van der Waals surface area contributed by atoms with Crippen LogP contribution in [-0.2, 0) is 9.84 Å². The summed E-state index contributed by atoms with van der Waals surface area (Å²) in [5, 5.41) is 3.75. The maximum absolute atomic E-state index is 11.8. The molecule has 7 heteroatoms. The highest BCUT2D eigenvalue weighted by Gasteiger charge is 2.38. The van der Waals surface area contributed by atoms with E-state index in [0.29, 0.717) is 10.8 Å². The lowest BCUT2D eigenvalue weighted by atomic mass is 9.96. The second-order valence-corrected chi connectivity index (χ2v) is 10.6. The van der Waals surface area contributed by atoms with Crippen LogP contribution in [0.1, 0.15) is 31.0 Å². The molecule has 5 rings (SSSR count). The third-order valence-electron chi connectivity index (χ3n) is 6.28. The number of pyridine rings is 2. The summed E-state index contributed by atoms with van der Waals surface area (Å²) in [6.07, 6.45) is 7.47. The van der Waals surface area contributed by atoms with Gasteiger partial charge in [0.05, 0.1) is 27.7 Å². The summed E-state index contributed by atoms with van der Waals surface area (Å²) >= 11 is 0. The number of sulfone groups is 1. The van der Waals surface area contributed by atoms with Crippen molar-refractivity contribution in [3.63, 3.8) is 0 Å². The summed E-state index contributed by atoms with van der Waals surface area (Å²) < 4.78 is 23.6. The number of piperidine rings is 1. The van der Waals surface area contributed by atoms with E-state index in [1.54, 1.807) is 12.1 Å². The van der Waals surface area contributed by atoms with Crippen molar-refractivity contribution in [2.75, 3.05) is 12.8 Å². The average Bonchev–Trinajstić information content (AvgIpc) is 3.20. The van der Waals surface area contributed by atoms with E-state index in [1.807, 2.05) is 48.8 Å². The number of aromatic nitrogens is 2. The number of benzene rings is 1. The Morgan fingerprint density at radius 1 is 0.969 bits per heavy atom. The van der Waals surface area contributed by atoms with Gasteiger partial charge in [-0.1, -0.05) is 25.1 Å². The van der Waals surface area contributed by atoms with E-state index in [-0.39, 0.29) is 6.17 Å². The van der Waals surface area contributed by atoms with Gasteiger partial charge in [0.25, 0.3) is 0 Å². The van der Waals surface area contributed by atoms with Gasteiger partial charge >= 0.3 is 0 Å². The van der Waals surface area contributed by atoms with Gasteiger partial charge in [-0.05, 0) is 55.2 Å². The van der Waals surface area contributed by atoms with Gasteiger partial charge in [0.1, 0.15) is 6.17 Å². The second kappa shape index (κ2) is 8.06. The fourth-order valence-corrected chi connectivity index (χ4v) is 5.27. The van der Waals surface area contributed by atoms with Gasteiger partial charge < -0.3 is 10.2 Å². The van der Waals surface area contributed by atoms with Crippen LogP contribution in [0, 0.1) is 5.92 Å². The zero-order valence-corrected chi connectivity index (χ0v) is 19.0. The molecule has 1 aromatic carbocycles. The Labute approximate surface area is 189 Å². The number of nitrogens with one attached hydrogen (secondary N) is 1. The molecule has 164 valence electrons. The topological polar surface area (TPSA) is 75.2 Å².